The molecule has 2 aliphatic rings. The number of carbonyl (C=O) groups excluding carboxylic acids is 1. The lowest BCUT2D eigenvalue weighted by Crippen LogP contribution is -2.47. The Balaban J connectivity index is 1.64. The van der Waals surface area contributed by atoms with Gasteiger partial charge in [-0.25, -0.2) is 4.79 Å². The van der Waals surface area contributed by atoms with E-state index in [9.17, 15) is 23.1 Å². The van der Waals surface area contributed by atoms with Gasteiger partial charge in [0.05, 0.1) is 25.9 Å². The number of carbonyl (C=O) groups is 1. The first-order chi connectivity index (χ1) is 14.3. The van der Waals surface area contributed by atoms with Crippen molar-refractivity contribution >= 4 is 11.7 Å². The summed E-state index contributed by atoms with van der Waals surface area (Å²) < 4.78 is 46.1. The summed E-state index contributed by atoms with van der Waals surface area (Å²) >= 11 is 0. The summed E-state index contributed by atoms with van der Waals surface area (Å²) in [6, 6.07) is 4.31. The molecule has 30 heavy (non-hydrogen) atoms. The Labute approximate surface area is 173 Å². The fraction of sp³-hybridized carbons (Fsp3) is 0.650. The van der Waals surface area contributed by atoms with E-state index >= 15 is 0 Å². The van der Waals surface area contributed by atoms with Crippen molar-refractivity contribution in [2.75, 3.05) is 51.3 Å². The summed E-state index contributed by atoms with van der Waals surface area (Å²) in [4.78, 5) is 16.8. The van der Waals surface area contributed by atoms with E-state index in [1.165, 1.54) is 12.1 Å². The van der Waals surface area contributed by atoms with Gasteiger partial charge in [-0.3, -0.25) is 4.90 Å². The molecule has 0 spiro atoms. The number of hydrogen-bond donors (Lipinski definition) is 2. The van der Waals surface area contributed by atoms with Crippen LogP contribution in [0.1, 0.15) is 13.3 Å². The molecular formula is C20H28F3N3O4. The van der Waals surface area contributed by atoms with E-state index in [1.807, 2.05) is 0 Å². The van der Waals surface area contributed by atoms with Gasteiger partial charge in [0.15, 0.2) is 0 Å². The Morgan fingerprint density at radius 1 is 1.27 bits per heavy atom. The molecule has 2 aliphatic heterocycles. The molecule has 0 bridgehead atoms. The van der Waals surface area contributed by atoms with Crippen molar-refractivity contribution in [3.63, 3.8) is 0 Å². The van der Waals surface area contributed by atoms with E-state index in [1.54, 1.807) is 4.90 Å². The molecule has 7 nitrogen and oxygen atoms in total. The number of anilines is 1. The molecule has 2 saturated heterocycles. The monoisotopic (exact) mass is 431 g/mol. The quantitative estimate of drug-likeness (QED) is 0.725. The SMILES string of the molecule is CC[C@@H]1CN(C(=O)Nc2ccc(OC(F)(F)F)cc2)[C@H](CO)[C@@H]1CN1CCOCC1. The standard InChI is InChI=1S/C20H28F3N3O4/c1-2-14-11-26(18(13-27)17(14)12-25-7-9-29-10-8-25)19(28)24-15-3-5-16(6-4-15)30-20(21,22)23/h3-6,14,17-18,27H,2,7-13H2,1H3,(H,24,28)/t14-,17-,18-/m1/s1. The van der Waals surface area contributed by atoms with Crippen molar-refractivity contribution in [1.29, 1.82) is 0 Å². The first-order valence-corrected chi connectivity index (χ1v) is 10.1. The van der Waals surface area contributed by atoms with Gasteiger partial charge in [-0.1, -0.05) is 13.3 Å². The lowest BCUT2D eigenvalue weighted by Gasteiger charge is -2.33. The maximum absolute atomic E-state index is 12.9. The maximum Gasteiger partial charge on any atom is 0.573 e. The Bertz CT molecular complexity index is 696. The Hall–Kier alpha value is -2.04. The number of amides is 2. The summed E-state index contributed by atoms with van der Waals surface area (Å²) in [5.74, 6) is 0.0521. The van der Waals surface area contributed by atoms with E-state index in [0.717, 1.165) is 38.2 Å². The molecule has 3 atom stereocenters. The minimum atomic E-state index is -4.76. The Morgan fingerprint density at radius 2 is 1.93 bits per heavy atom. The third-order valence-corrected chi connectivity index (χ3v) is 5.82. The zero-order chi connectivity index (χ0) is 21.7. The van der Waals surface area contributed by atoms with Crippen molar-refractivity contribution in [3.8, 4) is 5.75 Å². The highest BCUT2D eigenvalue weighted by atomic mass is 19.4. The number of urea groups is 1. The second kappa shape index (κ2) is 9.84. The Kier molecular flexibility index (Phi) is 7.43. The van der Waals surface area contributed by atoms with E-state index in [-0.39, 0.29) is 36.3 Å². The summed E-state index contributed by atoms with van der Waals surface area (Å²) in [7, 11) is 0. The average Bonchev–Trinajstić information content (AvgIpc) is 3.06. The highest BCUT2D eigenvalue weighted by Crippen LogP contribution is 2.33. The summed E-state index contributed by atoms with van der Waals surface area (Å²) in [5, 5.41) is 12.7. The molecule has 1 aromatic carbocycles. The number of morpholine rings is 1. The molecule has 2 N–H and O–H groups in total. The van der Waals surface area contributed by atoms with Crippen LogP contribution in [-0.4, -0.2) is 79.3 Å². The number of halogens is 3. The fourth-order valence-corrected chi connectivity index (χ4v) is 4.26. The van der Waals surface area contributed by atoms with Gasteiger partial charge in [-0.2, -0.15) is 0 Å². The normalized spacial score (nSPS) is 25.4. The first-order valence-electron chi connectivity index (χ1n) is 10.1. The van der Waals surface area contributed by atoms with Crippen LogP contribution >= 0.6 is 0 Å². The molecule has 3 rings (SSSR count). The summed E-state index contributed by atoms with van der Waals surface area (Å²) in [5.41, 5.74) is 0.357. The molecule has 2 amide bonds. The lowest BCUT2D eigenvalue weighted by atomic mass is 9.88. The number of rotatable bonds is 6. The number of likely N-dealkylation sites (tertiary alicyclic amines) is 1. The minimum Gasteiger partial charge on any atom is -0.406 e. The third-order valence-electron chi connectivity index (χ3n) is 5.82. The van der Waals surface area contributed by atoms with Crippen LogP contribution in [0.5, 0.6) is 5.75 Å². The molecule has 0 aliphatic carbocycles. The van der Waals surface area contributed by atoms with Crippen LogP contribution in [0.15, 0.2) is 24.3 Å². The topological polar surface area (TPSA) is 74.3 Å². The van der Waals surface area contributed by atoms with Crippen molar-refractivity contribution in [2.45, 2.75) is 25.7 Å². The second-order valence-electron chi connectivity index (χ2n) is 7.65. The van der Waals surface area contributed by atoms with Gasteiger partial charge in [0, 0.05) is 31.9 Å². The van der Waals surface area contributed by atoms with Crippen molar-refractivity contribution in [1.82, 2.24) is 9.80 Å². The van der Waals surface area contributed by atoms with Gasteiger partial charge in [-0.15, -0.1) is 13.2 Å². The number of aliphatic hydroxyl groups is 1. The van der Waals surface area contributed by atoms with Gasteiger partial charge in [-0.05, 0) is 36.1 Å². The zero-order valence-electron chi connectivity index (χ0n) is 16.9. The van der Waals surface area contributed by atoms with Crippen LogP contribution < -0.4 is 10.1 Å². The van der Waals surface area contributed by atoms with E-state index in [4.69, 9.17) is 4.74 Å². The number of aliphatic hydroxyl groups excluding tert-OH is 1. The van der Waals surface area contributed by atoms with E-state index in [2.05, 4.69) is 21.9 Å². The zero-order valence-corrected chi connectivity index (χ0v) is 16.9. The average molecular weight is 431 g/mol. The predicted molar refractivity (Wildman–Crippen MR) is 104 cm³/mol. The number of ether oxygens (including phenoxy) is 2. The maximum atomic E-state index is 12.9. The molecular weight excluding hydrogens is 403 g/mol. The van der Waals surface area contributed by atoms with Crippen molar-refractivity contribution < 1.29 is 32.5 Å². The first kappa shape index (κ1) is 22.6. The van der Waals surface area contributed by atoms with Gasteiger partial charge in [0.2, 0.25) is 0 Å². The van der Waals surface area contributed by atoms with Crippen LogP contribution in [0.2, 0.25) is 0 Å². The van der Waals surface area contributed by atoms with Crippen LogP contribution in [0, 0.1) is 11.8 Å². The van der Waals surface area contributed by atoms with Crippen LogP contribution in [0.3, 0.4) is 0 Å². The fourth-order valence-electron chi connectivity index (χ4n) is 4.26. The number of alkyl halides is 3. The van der Waals surface area contributed by atoms with Gasteiger partial charge >= 0.3 is 12.4 Å². The van der Waals surface area contributed by atoms with Crippen LogP contribution in [-0.2, 0) is 4.74 Å². The van der Waals surface area contributed by atoms with Crippen LogP contribution in [0.4, 0.5) is 23.7 Å². The number of hydrogen-bond acceptors (Lipinski definition) is 5. The highest BCUT2D eigenvalue weighted by Gasteiger charge is 2.43. The molecule has 0 aromatic heterocycles. The molecule has 2 fully saturated rings. The number of nitrogens with one attached hydrogen (secondary N) is 1. The highest BCUT2D eigenvalue weighted by molar-refractivity contribution is 5.89. The number of benzene rings is 1. The summed E-state index contributed by atoms with van der Waals surface area (Å²) in [6.07, 6.45) is -3.88. The second-order valence-corrected chi connectivity index (χ2v) is 7.65. The lowest BCUT2D eigenvalue weighted by molar-refractivity contribution is -0.274. The van der Waals surface area contributed by atoms with E-state index < -0.39 is 6.36 Å². The molecule has 1 aromatic rings. The van der Waals surface area contributed by atoms with Crippen molar-refractivity contribution in [3.05, 3.63) is 24.3 Å². The van der Waals surface area contributed by atoms with Gasteiger partial charge in [0.1, 0.15) is 5.75 Å². The largest absolute Gasteiger partial charge is 0.573 e. The predicted octanol–water partition coefficient (Wildman–Crippen LogP) is 2.77. The molecule has 0 radical (unpaired) electrons. The molecule has 2 heterocycles. The van der Waals surface area contributed by atoms with E-state index in [0.29, 0.717) is 25.4 Å². The summed E-state index contributed by atoms with van der Waals surface area (Å²) in [6.45, 7) is 6.30. The minimum absolute atomic E-state index is 0.142. The molecule has 0 saturated carbocycles. The smallest absolute Gasteiger partial charge is 0.406 e. The van der Waals surface area contributed by atoms with Crippen LogP contribution in [0.25, 0.3) is 0 Å². The molecule has 168 valence electrons. The number of nitrogens with zero attached hydrogens (tertiary/aromatic N) is 2. The molecule has 10 heteroatoms. The Morgan fingerprint density at radius 3 is 2.50 bits per heavy atom. The third kappa shape index (κ3) is 5.77. The molecule has 0 unspecified atom stereocenters. The van der Waals surface area contributed by atoms with Gasteiger partial charge in [0.25, 0.3) is 0 Å². The van der Waals surface area contributed by atoms with Crippen molar-refractivity contribution in [2.24, 2.45) is 11.8 Å². The van der Waals surface area contributed by atoms with Gasteiger partial charge < -0.3 is 24.8 Å².